The number of phenols is 2. The van der Waals surface area contributed by atoms with Crippen molar-refractivity contribution in [2.24, 2.45) is 5.73 Å². The number of phenolic OH excluding ortho intramolecular Hbond substituents is 2. The van der Waals surface area contributed by atoms with Crippen LogP contribution in [0, 0.1) is 0 Å². The van der Waals surface area contributed by atoms with Crippen LogP contribution in [0.25, 0.3) is 0 Å². The summed E-state index contributed by atoms with van der Waals surface area (Å²) in [7, 11) is 0. The molecule has 3 aromatic carbocycles. The number of benzene rings is 3. The maximum atomic E-state index is 13.2. The highest BCUT2D eigenvalue weighted by Gasteiger charge is 2.29. The van der Waals surface area contributed by atoms with Crippen LogP contribution >= 0.6 is 0 Å². The number of fused-ring (bicyclic) bond motifs is 1. The van der Waals surface area contributed by atoms with Crippen molar-refractivity contribution in [3.8, 4) is 17.2 Å². The second kappa shape index (κ2) is 7.79. The molecular formula is C23H20N2O5. The normalized spacial score (nSPS) is 12.5. The van der Waals surface area contributed by atoms with Crippen molar-refractivity contribution >= 4 is 11.8 Å². The zero-order chi connectivity index (χ0) is 21.3. The number of primary amides is 1. The van der Waals surface area contributed by atoms with Crippen LogP contribution < -0.4 is 10.5 Å². The molecule has 4 N–H and O–H groups in total. The van der Waals surface area contributed by atoms with E-state index in [-0.39, 0.29) is 36.0 Å². The molecule has 0 fully saturated rings. The van der Waals surface area contributed by atoms with E-state index in [4.69, 9.17) is 10.5 Å². The number of carbonyl (C=O) groups is 2. The summed E-state index contributed by atoms with van der Waals surface area (Å²) >= 11 is 0. The number of amides is 2. The fourth-order valence-corrected chi connectivity index (χ4v) is 3.50. The van der Waals surface area contributed by atoms with Gasteiger partial charge in [0.1, 0.15) is 29.4 Å². The van der Waals surface area contributed by atoms with Crippen LogP contribution in [-0.4, -0.2) is 26.9 Å². The number of ether oxygens (including phenoxy) is 1. The van der Waals surface area contributed by atoms with E-state index >= 15 is 0 Å². The molecule has 0 saturated carbocycles. The van der Waals surface area contributed by atoms with Crippen LogP contribution in [-0.2, 0) is 19.7 Å². The van der Waals surface area contributed by atoms with E-state index in [1.807, 2.05) is 30.3 Å². The van der Waals surface area contributed by atoms with Gasteiger partial charge in [0.25, 0.3) is 5.91 Å². The number of aromatic hydroxyl groups is 2. The molecule has 0 radical (unpaired) electrons. The molecule has 0 atom stereocenters. The summed E-state index contributed by atoms with van der Waals surface area (Å²) in [6, 6.07) is 16.9. The summed E-state index contributed by atoms with van der Waals surface area (Å²) in [6.07, 6.45) is 0. The number of nitrogens with two attached hydrogens (primary N) is 1. The molecule has 0 saturated heterocycles. The first-order valence-electron chi connectivity index (χ1n) is 9.36. The molecule has 7 heteroatoms. The number of nitrogens with zero attached hydrogens (tertiary/aromatic N) is 1. The van der Waals surface area contributed by atoms with E-state index in [9.17, 15) is 19.8 Å². The topological polar surface area (TPSA) is 113 Å². The molecule has 0 aliphatic carbocycles. The van der Waals surface area contributed by atoms with E-state index in [0.29, 0.717) is 12.1 Å². The Hall–Kier alpha value is -4.00. The highest BCUT2D eigenvalue weighted by atomic mass is 16.5. The highest BCUT2D eigenvalue weighted by molar-refractivity contribution is 6.00. The largest absolute Gasteiger partial charge is 0.508 e. The Labute approximate surface area is 172 Å². The molecule has 1 heterocycles. The van der Waals surface area contributed by atoms with Gasteiger partial charge in [-0.05, 0) is 28.8 Å². The predicted molar refractivity (Wildman–Crippen MR) is 109 cm³/mol. The molecule has 2 amide bonds. The van der Waals surface area contributed by atoms with Crippen molar-refractivity contribution in [3.05, 3.63) is 88.5 Å². The minimum Gasteiger partial charge on any atom is -0.508 e. The summed E-state index contributed by atoms with van der Waals surface area (Å²) in [5.74, 6) is -1.45. The standard InChI is InChI=1S/C23H20N2O5/c24-22(28)15-6-7-16-11-25(12-17(16)8-15)23(29)21-19(27)9-18(26)10-20(21)30-13-14-4-2-1-3-5-14/h1-10,26-27H,11-13H2,(H2,24,28). The lowest BCUT2D eigenvalue weighted by molar-refractivity contribution is 0.0743. The van der Waals surface area contributed by atoms with Gasteiger partial charge in [0.2, 0.25) is 5.91 Å². The summed E-state index contributed by atoms with van der Waals surface area (Å²) in [6.45, 7) is 0.769. The highest BCUT2D eigenvalue weighted by Crippen LogP contribution is 2.36. The summed E-state index contributed by atoms with van der Waals surface area (Å²) < 4.78 is 5.76. The minimum absolute atomic E-state index is 0.0216. The quantitative estimate of drug-likeness (QED) is 0.605. The summed E-state index contributed by atoms with van der Waals surface area (Å²) in [5.41, 5.74) is 8.30. The van der Waals surface area contributed by atoms with Gasteiger partial charge in [-0.1, -0.05) is 36.4 Å². The zero-order valence-electron chi connectivity index (χ0n) is 16.0. The lowest BCUT2D eigenvalue weighted by Gasteiger charge is -2.19. The van der Waals surface area contributed by atoms with Gasteiger partial charge in [-0.15, -0.1) is 0 Å². The van der Waals surface area contributed by atoms with Crippen molar-refractivity contribution < 1.29 is 24.5 Å². The maximum Gasteiger partial charge on any atom is 0.262 e. The van der Waals surface area contributed by atoms with Gasteiger partial charge in [0, 0.05) is 30.8 Å². The molecule has 4 rings (SSSR count). The van der Waals surface area contributed by atoms with Gasteiger partial charge in [0.15, 0.2) is 0 Å². The first-order chi connectivity index (χ1) is 14.4. The fraction of sp³-hybridized carbons (Fsp3) is 0.130. The third kappa shape index (κ3) is 3.77. The molecule has 152 valence electrons. The molecule has 3 aromatic rings. The molecule has 0 spiro atoms. The molecule has 1 aliphatic rings. The Morgan fingerprint density at radius 3 is 2.43 bits per heavy atom. The van der Waals surface area contributed by atoms with Gasteiger partial charge in [-0.3, -0.25) is 9.59 Å². The monoisotopic (exact) mass is 404 g/mol. The van der Waals surface area contributed by atoms with E-state index < -0.39 is 11.8 Å². The zero-order valence-corrected chi connectivity index (χ0v) is 16.0. The Morgan fingerprint density at radius 2 is 1.70 bits per heavy atom. The molecular weight excluding hydrogens is 384 g/mol. The Kier molecular flexibility index (Phi) is 5.02. The maximum absolute atomic E-state index is 13.2. The molecule has 1 aliphatic heterocycles. The Bertz CT molecular complexity index is 1130. The van der Waals surface area contributed by atoms with Crippen LogP contribution in [0.4, 0.5) is 0 Å². The first kappa shape index (κ1) is 19.3. The number of carbonyl (C=O) groups excluding carboxylic acids is 2. The summed E-state index contributed by atoms with van der Waals surface area (Å²) in [5, 5.41) is 20.3. The van der Waals surface area contributed by atoms with Crippen molar-refractivity contribution in [3.63, 3.8) is 0 Å². The van der Waals surface area contributed by atoms with Gasteiger partial charge >= 0.3 is 0 Å². The van der Waals surface area contributed by atoms with Gasteiger partial charge < -0.3 is 25.6 Å². The van der Waals surface area contributed by atoms with Gasteiger partial charge in [0.05, 0.1) is 0 Å². The second-order valence-electron chi connectivity index (χ2n) is 7.12. The lowest BCUT2D eigenvalue weighted by Crippen LogP contribution is -2.26. The lowest BCUT2D eigenvalue weighted by atomic mass is 10.1. The minimum atomic E-state index is -0.532. The van der Waals surface area contributed by atoms with E-state index in [1.54, 1.807) is 18.2 Å². The van der Waals surface area contributed by atoms with Crippen molar-refractivity contribution in [2.45, 2.75) is 19.7 Å². The number of rotatable bonds is 5. The van der Waals surface area contributed by atoms with Crippen LogP contribution in [0.15, 0.2) is 60.7 Å². The predicted octanol–water partition coefficient (Wildman–Crippen LogP) is 2.93. The average Bonchev–Trinajstić information content (AvgIpc) is 3.15. The smallest absolute Gasteiger partial charge is 0.262 e. The van der Waals surface area contributed by atoms with Gasteiger partial charge in [-0.25, -0.2) is 0 Å². The fourth-order valence-electron chi connectivity index (χ4n) is 3.50. The summed E-state index contributed by atoms with van der Waals surface area (Å²) in [4.78, 5) is 26.2. The molecule has 7 nitrogen and oxygen atoms in total. The van der Waals surface area contributed by atoms with E-state index in [1.165, 1.54) is 11.0 Å². The Balaban J connectivity index is 1.60. The van der Waals surface area contributed by atoms with E-state index in [2.05, 4.69) is 0 Å². The molecule has 0 bridgehead atoms. The number of hydrogen-bond acceptors (Lipinski definition) is 5. The third-order valence-electron chi connectivity index (χ3n) is 5.02. The average molecular weight is 404 g/mol. The number of hydrogen-bond donors (Lipinski definition) is 3. The molecule has 30 heavy (non-hydrogen) atoms. The SMILES string of the molecule is NC(=O)c1ccc2c(c1)CN(C(=O)c1c(O)cc(O)cc1OCc1ccccc1)C2. The van der Waals surface area contributed by atoms with Crippen LogP contribution in [0.2, 0.25) is 0 Å². The van der Waals surface area contributed by atoms with Crippen molar-refractivity contribution in [1.82, 2.24) is 4.90 Å². The van der Waals surface area contributed by atoms with Crippen LogP contribution in [0.3, 0.4) is 0 Å². The third-order valence-corrected chi connectivity index (χ3v) is 5.02. The van der Waals surface area contributed by atoms with E-state index in [0.717, 1.165) is 22.8 Å². The van der Waals surface area contributed by atoms with Crippen molar-refractivity contribution in [1.29, 1.82) is 0 Å². The molecule has 0 unspecified atom stereocenters. The second-order valence-corrected chi connectivity index (χ2v) is 7.12. The molecule has 0 aromatic heterocycles. The van der Waals surface area contributed by atoms with Crippen LogP contribution in [0.1, 0.15) is 37.4 Å². The first-order valence-corrected chi connectivity index (χ1v) is 9.36. The van der Waals surface area contributed by atoms with Crippen LogP contribution in [0.5, 0.6) is 17.2 Å². The van der Waals surface area contributed by atoms with Crippen molar-refractivity contribution in [2.75, 3.05) is 0 Å². The van der Waals surface area contributed by atoms with Gasteiger partial charge in [-0.2, -0.15) is 0 Å². The Morgan fingerprint density at radius 1 is 0.967 bits per heavy atom.